The smallest absolute Gasteiger partial charge is 0.131 e. The van der Waals surface area contributed by atoms with Gasteiger partial charge >= 0.3 is 0 Å². The Labute approximate surface area is 93.4 Å². The second kappa shape index (κ2) is 2.05. The Hall–Kier alpha value is 0.280. The average Bonchev–Trinajstić information content (AvgIpc) is 2.98. The molecule has 3 heteroatoms. The van der Waals surface area contributed by atoms with E-state index in [4.69, 9.17) is 27.9 Å². The first-order valence-corrected chi connectivity index (χ1v) is 6.07. The SMILES string of the molecule is ClC1(Cl)[C@@]23CC=CC[C@]12C[C@H]1O[C@@H]1C3. The summed E-state index contributed by atoms with van der Waals surface area (Å²) in [5.74, 6) is 0. The van der Waals surface area contributed by atoms with E-state index in [1.165, 1.54) is 0 Å². The number of halogens is 2. The Morgan fingerprint density at radius 1 is 1.00 bits per heavy atom. The van der Waals surface area contributed by atoms with E-state index in [9.17, 15) is 0 Å². The molecule has 0 amide bonds. The molecule has 4 rings (SSSR count). The van der Waals surface area contributed by atoms with E-state index in [2.05, 4.69) is 12.2 Å². The quantitative estimate of drug-likeness (QED) is 0.354. The molecule has 0 aromatic rings. The first-order chi connectivity index (χ1) is 6.63. The van der Waals surface area contributed by atoms with Crippen LogP contribution in [-0.4, -0.2) is 16.5 Å². The third-order valence-corrected chi connectivity index (χ3v) is 6.39. The maximum absolute atomic E-state index is 6.52. The van der Waals surface area contributed by atoms with Crippen molar-refractivity contribution in [2.75, 3.05) is 0 Å². The molecule has 4 aliphatic rings. The van der Waals surface area contributed by atoms with Gasteiger partial charge in [-0.05, 0) is 25.7 Å². The van der Waals surface area contributed by atoms with Crippen LogP contribution in [0.25, 0.3) is 0 Å². The maximum Gasteiger partial charge on any atom is 0.131 e. The summed E-state index contributed by atoms with van der Waals surface area (Å²) in [6.07, 6.45) is 9.67. The predicted octanol–water partition coefficient (Wildman–Crippen LogP) is 3.06. The Balaban J connectivity index is 1.84. The van der Waals surface area contributed by atoms with E-state index in [0.717, 1.165) is 25.7 Å². The molecule has 0 spiro atoms. The second-order valence-corrected chi connectivity index (χ2v) is 6.57. The van der Waals surface area contributed by atoms with Gasteiger partial charge in [0.25, 0.3) is 0 Å². The van der Waals surface area contributed by atoms with Crippen LogP contribution >= 0.6 is 23.2 Å². The number of allylic oxidation sites excluding steroid dienone is 2. The largest absolute Gasteiger partial charge is 0.370 e. The molecule has 14 heavy (non-hydrogen) atoms. The van der Waals surface area contributed by atoms with Gasteiger partial charge in [0.1, 0.15) is 4.33 Å². The molecule has 0 aromatic carbocycles. The van der Waals surface area contributed by atoms with Crippen molar-refractivity contribution in [2.45, 2.75) is 42.2 Å². The summed E-state index contributed by atoms with van der Waals surface area (Å²) in [5.41, 5.74) is 0.297. The van der Waals surface area contributed by atoms with E-state index in [1.807, 2.05) is 0 Å². The number of alkyl halides is 2. The standard InChI is InChI=1S/C11H12Cl2O/c12-11(13)9-3-1-2-4-10(9,11)6-8-7(5-9)14-8/h1-2,7-8H,3-6H2/t7-,8-,9-,10-/m1/s1. The molecule has 1 saturated heterocycles. The number of ether oxygens (including phenoxy) is 1. The lowest BCUT2D eigenvalue weighted by atomic mass is 9.73. The molecule has 0 N–H and O–H groups in total. The molecule has 1 heterocycles. The minimum Gasteiger partial charge on any atom is -0.370 e. The van der Waals surface area contributed by atoms with Crippen molar-refractivity contribution < 1.29 is 4.74 Å². The number of hydrogen-bond acceptors (Lipinski definition) is 1. The summed E-state index contributed by atoms with van der Waals surface area (Å²) in [5, 5.41) is 0. The second-order valence-electron chi connectivity index (χ2n) is 5.24. The first kappa shape index (κ1) is 8.43. The lowest BCUT2D eigenvalue weighted by Gasteiger charge is -2.27. The molecular weight excluding hydrogens is 219 g/mol. The molecule has 2 saturated carbocycles. The highest BCUT2D eigenvalue weighted by Crippen LogP contribution is 2.88. The normalized spacial score (nSPS) is 61.0. The van der Waals surface area contributed by atoms with Crippen LogP contribution in [0.2, 0.25) is 0 Å². The van der Waals surface area contributed by atoms with E-state index in [-0.39, 0.29) is 10.8 Å². The molecule has 0 bridgehead atoms. The number of rotatable bonds is 0. The summed E-state index contributed by atoms with van der Waals surface area (Å²) in [7, 11) is 0. The minimum atomic E-state index is -0.486. The molecule has 0 aromatic heterocycles. The van der Waals surface area contributed by atoms with Crippen LogP contribution in [0.3, 0.4) is 0 Å². The van der Waals surface area contributed by atoms with Gasteiger partial charge in [-0.2, -0.15) is 0 Å². The molecule has 0 unspecified atom stereocenters. The average molecular weight is 231 g/mol. The van der Waals surface area contributed by atoms with Crippen LogP contribution in [0.4, 0.5) is 0 Å². The summed E-state index contributed by atoms with van der Waals surface area (Å²) < 4.78 is 5.12. The molecule has 1 aliphatic heterocycles. The van der Waals surface area contributed by atoms with Gasteiger partial charge in [0, 0.05) is 10.8 Å². The van der Waals surface area contributed by atoms with Crippen LogP contribution in [0.1, 0.15) is 25.7 Å². The van der Waals surface area contributed by atoms with E-state index in [0.29, 0.717) is 12.2 Å². The highest BCUT2D eigenvalue weighted by atomic mass is 35.5. The number of hydrogen-bond donors (Lipinski definition) is 0. The summed E-state index contributed by atoms with van der Waals surface area (Å²) >= 11 is 13.0. The molecular formula is C11H12Cl2O. The first-order valence-electron chi connectivity index (χ1n) is 5.31. The fourth-order valence-electron chi connectivity index (χ4n) is 4.00. The molecule has 76 valence electrons. The van der Waals surface area contributed by atoms with E-state index in [1.54, 1.807) is 0 Å². The topological polar surface area (TPSA) is 12.5 Å². The third-order valence-electron chi connectivity index (χ3n) is 4.94. The monoisotopic (exact) mass is 230 g/mol. The van der Waals surface area contributed by atoms with Crippen LogP contribution in [0.15, 0.2) is 12.2 Å². The van der Waals surface area contributed by atoms with Gasteiger partial charge in [-0.15, -0.1) is 23.2 Å². The molecule has 0 radical (unpaired) electrons. The molecule has 3 aliphatic carbocycles. The van der Waals surface area contributed by atoms with Crippen LogP contribution in [0.5, 0.6) is 0 Å². The van der Waals surface area contributed by atoms with Gasteiger partial charge in [0.2, 0.25) is 0 Å². The predicted molar refractivity (Wildman–Crippen MR) is 55.6 cm³/mol. The lowest BCUT2D eigenvalue weighted by Crippen LogP contribution is -2.25. The van der Waals surface area contributed by atoms with Crippen LogP contribution < -0.4 is 0 Å². The van der Waals surface area contributed by atoms with Crippen molar-refractivity contribution in [1.29, 1.82) is 0 Å². The summed E-state index contributed by atoms with van der Waals surface area (Å²) in [6, 6.07) is 0. The third kappa shape index (κ3) is 0.618. The molecule has 3 fully saturated rings. The summed E-state index contributed by atoms with van der Waals surface area (Å²) in [4.78, 5) is 0. The Kier molecular flexibility index (Phi) is 1.23. The highest BCUT2D eigenvalue weighted by molar-refractivity contribution is 6.52. The van der Waals surface area contributed by atoms with Crippen LogP contribution in [0, 0.1) is 10.8 Å². The van der Waals surface area contributed by atoms with Gasteiger partial charge in [-0.1, -0.05) is 12.2 Å². The van der Waals surface area contributed by atoms with E-state index < -0.39 is 4.33 Å². The van der Waals surface area contributed by atoms with Gasteiger partial charge in [-0.25, -0.2) is 0 Å². The van der Waals surface area contributed by atoms with E-state index >= 15 is 0 Å². The fourth-order valence-corrected chi connectivity index (χ4v) is 5.24. The number of fused-ring (bicyclic) bond motifs is 1. The zero-order valence-corrected chi connectivity index (χ0v) is 9.31. The Morgan fingerprint density at radius 2 is 1.50 bits per heavy atom. The van der Waals surface area contributed by atoms with Crippen molar-refractivity contribution in [2.24, 2.45) is 10.8 Å². The van der Waals surface area contributed by atoms with Gasteiger partial charge in [-0.3, -0.25) is 0 Å². The van der Waals surface area contributed by atoms with Crippen molar-refractivity contribution in [3.05, 3.63) is 12.2 Å². The summed E-state index contributed by atoms with van der Waals surface area (Å²) in [6.45, 7) is 0. The van der Waals surface area contributed by atoms with Crippen molar-refractivity contribution >= 4 is 23.2 Å². The lowest BCUT2D eigenvalue weighted by molar-refractivity contribution is 0.258. The van der Waals surface area contributed by atoms with Gasteiger partial charge in [0.15, 0.2) is 0 Å². The molecule has 4 atom stereocenters. The Bertz CT molecular complexity index is 321. The Morgan fingerprint density at radius 3 is 2.00 bits per heavy atom. The molecule has 1 nitrogen and oxygen atoms in total. The van der Waals surface area contributed by atoms with Crippen molar-refractivity contribution in [3.8, 4) is 0 Å². The maximum atomic E-state index is 6.52. The van der Waals surface area contributed by atoms with Gasteiger partial charge < -0.3 is 4.74 Å². The zero-order chi connectivity index (χ0) is 9.60. The van der Waals surface area contributed by atoms with Crippen LogP contribution in [-0.2, 0) is 4.74 Å². The van der Waals surface area contributed by atoms with Crippen molar-refractivity contribution in [1.82, 2.24) is 0 Å². The minimum absolute atomic E-state index is 0.148. The number of epoxide rings is 1. The highest BCUT2D eigenvalue weighted by Gasteiger charge is 2.88. The van der Waals surface area contributed by atoms with Crippen molar-refractivity contribution in [3.63, 3.8) is 0 Å². The van der Waals surface area contributed by atoms with Gasteiger partial charge in [0.05, 0.1) is 12.2 Å². The fraction of sp³-hybridized carbons (Fsp3) is 0.818. The zero-order valence-electron chi connectivity index (χ0n) is 7.80.